The van der Waals surface area contributed by atoms with E-state index in [0.29, 0.717) is 5.92 Å². The van der Waals surface area contributed by atoms with E-state index in [2.05, 4.69) is 12.2 Å². The molecule has 1 saturated heterocycles. The molecule has 0 bridgehead atoms. The van der Waals surface area contributed by atoms with Crippen LogP contribution < -0.4 is 5.32 Å². The van der Waals surface area contributed by atoms with E-state index in [0.717, 1.165) is 32.2 Å². The van der Waals surface area contributed by atoms with Crippen molar-refractivity contribution in [3.8, 4) is 0 Å². The van der Waals surface area contributed by atoms with Crippen LogP contribution in [0.4, 0.5) is 4.79 Å². The summed E-state index contributed by atoms with van der Waals surface area (Å²) in [6.07, 6.45) is 3.63. The molecule has 2 amide bonds. The van der Waals surface area contributed by atoms with Crippen molar-refractivity contribution < 1.29 is 14.7 Å². The minimum absolute atomic E-state index is 0.0382. The Morgan fingerprint density at radius 1 is 1.39 bits per heavy atom. The van der Waals surface area contributed by atoms with Gasteiger partial charge in [0.25, 0.3) is 0 Å². The Morgan fingerprint density at radius 2 is 2.06 bits per heavy atom. The molecule has 0 radical (unpaired) electrons. The van der Waals surface area contributed by atoms with Crippen LogP contribution >= 0.6 is 0 Å². The summed E-state index contributed by atoms with van der Waals surface area (Å²) in [5.41, 5.74) is -0.492. The van der Waals surface area contributed by atoms with Gasteiger partial charge in [-0.15, -0.1) is 0 Å². The molecule has 5 heteroatoms. The number of carbonyl (C=O) groups excluding carboxylic acids is 1. The molecule has 0 aromatic carbocycles. The molecule has 5 nitrogen and oxygen atoms in total. The fourth-order valence-corrected chi connectivity index (χ4v) is 3.12. The maximum Gasteiger partial charge on any atom is 0.318 e. The second-order valence-corrected chi connectivity index (χ2v) is 5.98. The average Bonchev–Trinajstić information content (AvgIpc) is 2.53. The van der Waals surface area contributed by atoms with Gasteiger partial charge in [0, 0.05) is 12.6 Å². The summed E-state index contributed by atoms with van der Waals surface area (Å²) in [5, 5.41) is 11.9. The van der Waals surface area contributed by atoms with Gasteiger partial charge in [0.15, 0.2) is 0 Å². The molecule has 1 heterocycles. The molecule has 1 aliphatic heterocycles. The minimum Gasteiger partial charge on any atom is -0.481 e. The lowest BCUT2D eigenvalue weighted by molar-refractivity contribution is -0.139. The number of carbonyl (C=O) groups is 2. The number of aliphatic carboxylic acids is 1. The number of carboxylic acid groups (broad SMARTS) is 1. The van der Waals surface area contributed by atoms with E-state index in [-0.39, 0.29) is 18.5 Å². The van der Waals surface area contributed by atoms with Crippen molar-refractivity contribution in [2.75, 3.05) is 6.54 Å². The van der Waals surface area contributed by atoms with Crippen molar-refractivity contribution in [1.82, 2.24) is 10.2 Å². The Bertz CT molecular complexity index is 352. The third-order valence-electron chi connectivity index (χ3n) is 4.22. The molecule has 102 valence electrons. The van der Waals surface area contributed by atoms with E-state index < -0.39 is 11.5 Å². The van der Waals surface area contributed by atoms with Gasteiger partial charge >= 0.3 is 12.0 Å². The first-order chi connectivity index (χ1) is 8.42. The smallest absolute Gasteiger partial charge is 0.318 e. The molecule has 2 aliphatic rings. The number of amides is 2. The molecule has 1 saturated carbocycles. The van der Waals surface area contributed by atoms with Crippen molar-refractivity contribution in [1.29, 1.82) is 0 Å². The van der Waals surface area contributed by atoms with Gasteiger partial charge in [-0.3, -0.25) is 4.79 Å². The van der Waals surface area contributed by atoms with Crippen molar-refractivity contribution in [3.05, 3.63) is 0 Å². The SMILES string of the molecule is CC1CC(C)N(C(=O)NC2(CC(=O)O)CCC2)C1. The Kier molecular flexibility index (Phi) is 3.50. The zero-order valence-electron chi connectivity index (χ0n) is 11.1. The van der Waals surface area contributed by atoms with Gasteiger partial charge in [-0.1, -0.05) is 6.92 Å². The van der Waals surface area contributed by atoms with Gasteiger partial charge < -0.3 is 15.3 Å². The maximum atomic E-state index is 12.2. The van der Waals surface area contributed by atoms with Gasteiger partial charge in [-0.2, -0.15) is 0 Å². The van der Waals surface area contributed by atoms with Crippen LogP contribution in [0.25, 0.3) is 0 Å². The molecule has 2 atom stereocenters. The molecular weight excluding hydrogens is 232 g/mol. The molecule has 18 heavy (non-hydrogen) atoms. The number of hydrogen-bond acceptors (Lipinski definition) is 2. The van der Waals surface area contributed by atoms with Gasteiger partial charge in [0.05, 0.1) is 12.0 Å². The highest BCUT2D eigenvalue weighted by molar-refractivity contribution is 5.77. The molecule has 1 aliphatic carbocycles. The Morgan fingerprint density at radius 3 is 2.44 bits per heavy atom. The summed E-state index contributed by atoms with van der Waals surface area (Å²) in [6.45, 7) is 4.96. The highest BCUT2D eigenvalue weighted by atomic mass is 16.4. The fraction of sp³-hybridized carbons (Fsp3) is 0.846. The third-order valence-corrected chi connectivity index (χ3v) is 4.22. The van der Waals surface area contributed by atoms with E-state index in [4.69, 9.17) is 5.11 Å². The first-order valence-corrected chi connectivity index (χ1v) is 6.72. The van der Waals surface area contributed by atoms with Gasteiger partial charge in [0.2, 0.25) is 0 Å². The van der Waals surface area contributed by atoms with Crippen molar-refractivity contribution in [3.63, 3.8) is 0 Å². The van der Waals surface area contributed by atoms with Crippen molar-refractivity contribution in [2.45, 2.75) is 57.5 Å². The number of carboxylic acids is 1. The number of nitrogens with zero attached hydrogens (tertiary/aromatic N) is 1. The summed E-state index contributed by atoms with van der Waals surface area (Å²) in [4.78, 5) is 24.9. The third kappa shape index (κ3) is 2.60. The monoisotopic (exact) mass is 254 g/mol. The predicted octanol–water partition coefficient (Wildman–Crippen LogP) is 1.82. The van der Waals surface area contributed by atoms with Crippen molar-refractivity contribution >= 4 is 12.0 Å². The summed E-state index contributed by atoms with van der Waals surface area (Å²) in [6, 6.07) is 0.162. The molecule has 0 aromatic heterocycles. The van der Waals surface area contributed by atoms with Crippen LogP contribution in [0.5, 0.6) is 0 Å². The van der Waals surface area contributed by atoms with Crippen LogP contribution in [-0.2, 0) is 4.79 Å². The molecule has 2 fully saturated rings. The van der Waals surface area contributed by atoms with E-state index in [1.807, 2.05) is 11.8 Å². The standard InChI is InChI=1S/C13H22N2O3/c1-9-6-10(2)15(8-9)12(18)14-13(4-3-5-13)7-11(16)17/h9-10H,3-8H2,1-2H3,(H,14,18)(H,16,17). The number of hydrogen-bond donors (Lipinski definition) is 2. The molecule has 2 rings (SSSR count). The molecule has 0 aromatic rings. The number of rotatable bonds is 3. The maximum absolute atomic E-state index is 12.2. The summed E-state index contributed by atoms with van der Waals surface area (Å²) in [5.74, 6) is -0.305. The van der Waals surface area contributed by atoms with Crippen LogP contribution in [0.1, 0.15) is 46.0 Å². The summed E-state index contributed by atoms with van der Waals surface area (Å²) >= 11 is 0. The van der Waals surface area contributed by atoms with Crippen molar-refractivity contribution in [2.24, 2.45) is 5.92 Å². The van der Waals surface area contributed by atoms with E-state index in [9.17, 15) is 9.59 Å². The Hall–Kier alpha value is -1.26. The molecular formula is C13H22N2O3. The van der Waals surface area contributed by atoms with Gasteiger partial charge in [-0.25, -0.2) is 4.79 Å². The van der Waals surface area contributed by atoms with E-state index >= 15 is 0 Å². The molecule has 2 unspecified atom stereocenters. The Balaban J connectivity index is 1.95. The number of urea groups is 1. The first kappa shape index (κ1) is 13.2. The number of nitrogens with one attached hydrogen (secondary N) is 1. The van der Waals surface area contributed by atoms with Crippen LogP contribution in [0.3, 0.4) is 0 Å². The first-order valence-electron chi connectivity index (χ1n) is 6.72. The van der Waals surface area contributed by atoms with E-state index in [1.54, 1.807) is 0 Å². The van der Waals surface area contributed by atoms with E-state index in [1.165, 1.54) is 0 Å². The Labute approximate surface area is 108 Å². The fourth-order valence-electron chi connectivity index (χ4n) is 3.12. The number of likely N-dealkylation sites (tertiary alicyclic amines) is 1. The minimum atomic E-state index is -0.835. The largest absolute Gasteiger partial charge is 0.481 e. The van der Waals surface area contributed by atoms with Crippen LogP contribution in [-0.4, -0.2) is 40.1 Å². The average molecular weight is 254 g/mol. The highest BCUT2D eigenvalue weighted by Crippen LogP contribution is 2.35. The van der Waals surface area contributed by atoms with Crippen LogP contribution in [0, 0.1) is 5.92 Å². The topological polar surface area (TPSA) is 69.6 Å². The molecule has 0 spiro atoms. The van der Waals surface area contributed by atoms with Gasteiger partial charge in [0.1, 0.15) is 0 Å². The zero-order chi connectivity index (χ0) is 13.3. The summed E-state index contributed by atoms with van der Waals surface area (Å²) in [7, 11) is 0. The lowest BCUT2D eigenvalue weighted by Gasteiger charge is -2.42. The van der Waals surface area contributed by atoms with Crippen LogP contribution in [0.2, 0.25) is 0 Å². The lowest BCUT2D eigenvalue weighted by Crippen LogP contribution is -2.58. The zero-order valence-corrected chi connectivity index (χ0v) is 11.1. The van der Waals surface area contributed by atoms with Crippen LogP contribution in [0.15, 0.2) is 0 Å². The summed E-state index contributed by atoms with van der Waals surface area (Å²) < 4.78 is 0. The predicted molar refractivity (Wildman–Crippen MR) is 67.3 cm³/mol. The second kappa shape index (κ2) is 4.78. The lowest BCUT2D eigenvalue weighted by atomic mass is 9.74. The molecule has 2 N–H and O–H groups in total. The van der Waals surface area contributed by atoms with Gasteiger partial charge in [-0.05, 0) is 38.5 Å². The highest BCUT2D eigenvalue weighted by Gasteiger charge is 2.42. The second-order valence-electron chi connectivity index (χ2n) is 5.98. The quantitative estimate of drug-likeness (QED) is 0.807. The normalized spacial score (nSPS) is 29.8.